The Morgan fingerprint density at radius 1 is 1.30 bits per heavy atom. The summed E-state index contributed by atoms with van der Waals surface area (Å²) in [5.41, 5.74) is 5.74. The maximum absolute atomic E-state index is 12.0. The zero-order chi connectivity index (χ0) is 19.7. The number of guanidine groups is 1. The molecular weight excluding hydrogens is 461 g/mol. The molecule has 0 atom stereocenters. The standard InChI is InChI=1S/C18H29N5O3.HI/c1-18(2,3)22-16(25)11-23(5)17(20-4)21-10-13-7-6-8-14(9-13)26-12-15(19)24;/h6-9H,10-12H2,1-5H3,(H2,19,24)(H,20,21)(H,22,25);1H. The van der Waals surface area contributed by atoms with Gasteiger partial charge in [-0.1, -0.05) is 12.1 Å². The molecule has 0 heterocycles. The Labute approximate surface area is 177 Å². The van der Waals surface area contributed by atoms with Crippen molar-refractivity contribution in [3.63, 3.8) is 0 Å². The van der Waals surface area contributed by atoms with Crippen LogP contribution in [-0.2, 0) is 16.1 Å². The van der Waals surface area contributed by atoms with Crippen LogP contribution in [0.2, 0.25) is 0 Å². The summed E-state index contributed by atoms with van der Waals surface area (Å²) in [5.74, 6) is 0.558. The molecule has 0 saturated carbocycles. The van der Waals surface area contributed by atoms with Crippen molar-refractivity contribution in [2.45, 2.75) is 32.9 Å². The minimum atomic E-state index is -0.524. The SMILES string of the molecule is CN=C(NCc1cccc(OCC(N)=O)c1)N(C)CC(=O)NC(C)(C)C.I. The second-order valence-corrected chi connectivity index (χ2v) is 6.96. The number of likely N-dealkylation sites (N-methyl/N-ethyl adjacent to an activating group) is 1. The smallest absolute Gasteiger partial charge is 0.255 e. The lowest BCUT2D eigenvalue weighted by Gasteiger charge is -2.25. The van der Waals surface area contributed by atoms with Crippen molar-refractivity contribution in [1.29, 1.82) is 0 Å². The van der Waals surface area contributed by atoms with Crippen molar-refractivity contribution in [3.05, 3.63) is 29.8 Å². The topological polar surface area (TPSA) is 109 Å². The van der Waals surface area contributed by atoms with Crippen molar-refractivity contribution >= 4 is 41.8 Å². The summed E-state index contributed by atoms with van der Waals surface area (Å²) in [6, 6.07) is 7.32. The van der Waals surface area contributed by atoms with E-state index in [1.54, 1.807) is 25.1 Å². The molecule has 0 unspecified atom stereocenters. The molecule has 27 heavy (non-hydrogen) atoms. The van der Waals surface area contributed by atoms with E-state index in [2.05, 4.69) is 15.6 Å². The summed E-state index contributed by atoms with van der Waals surface area (Å²) in [4.78, 5) is 28.8. The molecule has 152 valence electrons. The van der Waals surface area contributed by atoms with Gasteiger partial charge in [-0.2, -0.15) is 0 Å². The lowest BCUT2D eigenvalue weighted by Crippen LogP contribution is -2.48. The van der Waals surface area contributed by atoms with Gasteiger partial charge in [0.25, 0.3) is 5.91 Å². The zero-order valence-electron chi connectivity index (χ0n) is 16.5. The lowest BCUT2D eigenvalue weighted by molar-refractivity contribution is -0.122. The Kier molecular flexibility index (Phi) is 10.7. The van der Waals surface area contributed by atoms with Crippen LogP contribution in [0.15, 0.2) is 29.3 Å². The fourth-order valence-electron chi connectivity index (χ4n) is 2.21. The molecular formula is C18H30IN5O3. The number of nitrogens with zero attached hydrogens (tertiary/aromatic N) is 2. The number of hydrogen-bond donors (Lipinski definition) is 3. The van der Waals surface area contributed by atoms with E-state index in [9.17, 15) is 9.59 Å². The number of primary amides is 1. The first-order chi connectivity index (χ1) is 12.1. The first kappa shape index (κ1) is 25.0. The lowest BCUT2D eigenvalue weighted by atomic mass is 10.1. The molecule has 0 bridgehead atoms. The van der Waals surface area contributed by atoms with Crippen LogP contribution in [0.1, 0.15) is 26.3 Å². The normalized spacial score (nSPS) is 11.2. The predicted octanol–water partition coefficient (Wildman–Crippen LogP) is 1.09. The number of amides is 2. The van der Waals surface area contributed by atoms with Gasteiger partial charge in [0, 0.05) is 26.2 Å². The van der Waals surface area contributed by atoms with Gasteiger partial charge in [0.1, 0.15) is 5.75 Å². The molecule has 1 aromatic carbocycles. The quantitative estimate of drug-likeness (QED) is 0.301. The number of nitrogens with two attached hydrogens (primary N) is 1. The van der Waals surface area contributed by atoms with E-state index in [-0.39, 0.29) is 48.6 Å². The van der Waals surface area contributed by atoms with E-state index >= 15 is 0 Å². The van der Waals surface area contributed by atoms with Crippen LogP contribution in [-0.4, -0.2) is 55.5 Å². The van der Waals surface area contributed by atoms with Gasteiger partial charge < -0.3 is 26.0 Å². The summed E-state index contributed by atoms with van der Waals surface area (Å²) in [7, 11) is 3.46. The summed E-state index contributed by atoms with van der Waals surface area (Å²) >= 11 is 0. The third kappa shape index (κ3) is 10.6. The highest BCUT2D eigenvalue weighted by Gasteiger charge is 2.16. The molecule has 8 nitrogen and oxygen atoms in total. The monoisotopic (exact) mass is 491 g/mol. The largest absolute Gasteiger partial charge is 0.484 e. The van der Waals surface area contributed by atoms with E-state index in [1.165, 1.54) is 0 Å². The molecule has 0 aliphatic rings. The average Bonchev–Trinajstić information content (AvgIpc) is 2.52. The first-order valence-electron chi connectivity index (χ1n) is 8.33. The maximum atomic E-state index is 12.0. The summed E-state index contributed by atoms with van der Waals surface area (Å²) in [6.07, 6.45) is 0. The van der Waals surface area contributed by atoms with Crippen LogP contribution in [0.4, 0.5) is 0 Å². The van der Waals surface area contributed by atoms with Gasteiger partial charge in [0.15, 0.2) is 12.6 Å². The van der Waals surface area contributed by atoms with E-state index in [4.69, 9.17) is 10.5 Å². The van der Waals surface area contributed by atoms with Crippen molar-refractivity contribution in [1.82, 2.24) is 15.5 Å². The van der Waals surface area contributed by atoms with Crippen LogP contribution in [0.5, 0.6) is 5.75 Å². The molecule has 1 rings (SSSR count). The first-order valence-corrected chi connectivity index (χ1v) is 8.33. The zero-order valence-corrected chi connectivity index (χ0v) is 18.9. The number of benzene rings is 1. The number of rotatable bonds is 7. The van der Waals surface area contributed by atoms with E-state index in [0.29, 0.717) is 18.3 Å². The number of ether oxygens (including phenoxy) is 1. The second-order valence-electron chi connectivity index (χ2n) is 6.96. The molecule has 0 aromatic heterocycles. The van der Waals surface area contributed by atoms with E-state index in [1.807, 2.05) is 39.0 Å². The van der Waals surface area contributed by atoms with Crippen molar-refractivity contribution < 1.29 is 14.3 Å². The predicted molar refractivity (Wildman–Crippen MR) is 117 cm³/mol. The number of carbonyl (C=O) groups excluding carboxylic acids is 2. The van der Waals surface area contributed by atoms with Crippen LogP contribution >= 0.6 is 24.0 Å². The van der Waals surface area contributed by atoms with Crippen LogP contribution in [0.25, 0.3) is 0 Å². The summed E-state index contributed by atoms with van der Waals surface area (Å²) < 4.78 is 5.29. The van der Waals surface area contributed by atoms with Crippen LogP contribution in [0, 0.1) is 0 Å². The number of halogens is 1. The number of nitrogens with one attached hydrogen (secondary N) is 2. The highest BCUT2D eigenvalue weighted by Crippen LogP contribution is 2.13. The number of aliphatic imine (C=N–C) groups is 1. The number of hydrogen-bond acceptors (Lipinski definition) is 4. The highest BCUT2D eigenvalue weighted by atomic mass is 127. The molecule has 0 spiro atoms. The highest BCUT2D eigenvalue weighted by molar-refractivity contribution is 14.0. The maximum Gasteiger partial charge on any atom is 0.255 e. The van der Waals surface area contributed by atoms with E-state index in [0.717, 1.165) is 5.56 Å². The van der Waals surface area contributed by atoms with Gasteiger partial charge in [0.05, 0.1) is 6.54 Å². The van der Waals surface area contributed by atoms with E-state index < -0.39 is 5.91 Å². The fraction of sp³-hybridized carbons (Fsp3) is 0.500. The van der Waals surface area contributed by atoms with Gasteiger partial charge in [0.2, 0.25) is 5.91 Å². The molecule has 0 fully saturated rings. The molecule has 0 aliphatic heterocycles. The van der Waals surface area contributed by atoms with Crippen molar-refractivity contribution in [2.75, 3.05) is 27.2 Å². The van der Waals surface area contributed by atoms with Crippen molar-refractivity contribution in [3.8, 4) is 5.75 Å². The van der Waals surface area contributed by atoms with Gasteiger partial charge in [-0.3, -0.25) is 14.6 Å². The molecule has 0 saturated heterocycles. The second kappa shape index (κ2) is 11.6. The Bertz CT molecular complexity index is 659. The van der Waals surface area contributed by atoms with Gasteiger partial charge >= 0.3 is 0 Å². The third-order valence-electron chi connectivity index (χ3n) is 3.20. The minimum absolute atomic E-state index is 0. The summed E-state index contributed by atoms with van der Waals surface area (Å²) in [6.45, 7) is 6.33. The Morgan fingerprint density at radius 2 is 1.96 bits per heavy atom. The minimum Gasteiger partial charge on any atom is -0.484 e. The van der Waals surface area contributed by atoms with Crippen LogP contribution < -0.4 is 21.1 Å². The van der Waals surface area contributed by atoms with Crippen LogP contribution in [0.3, 0.4) is 0 Å². The molecule has 0 radical (unpaired) electrons. The molecule has 1 aromatic rings. The molecule has 9 heteroatoms. The molecule has 4 N–H and O–H groups in total. The Hall–Kier alpha value is -2.04. The number of carbonyl (C=O) groups is 2. The van der Waals surface area contributed by atoms with Gasteiger partial charge in [-0.15, -0.1) is 24.0 Å². The molecule has 0 aliphatic carbocycles. The van der Waals surface area contributed by atoms with Gasteiger partial charge in [-0.05, 0) is 38.5 Å². The summed E-state index contributed by atoms with van der Waals surface area (Å²) in [5, 5.41) is 6.11. The van der Waals surface area contributed by atoms with Crippen molar-refractivity contribution in [2.24, 2.45) is 10.7 Å². The average molecular weight is 491 g/mol. The third-order valence-corrected chi connectivity index (χ3v) is 3.20. The molecule has 2 amide bonds. The van der Waals surface area contributed by atoms with Gasteiger partial charge in [-0.25, -0.2) is 0 Å². The fourth-order valence-corrected chi connectivity index (χ4v) is 2.21. The Morgan fingerprint density at radius 3 is 2.52 bits per heavy atom. The Balaban J connectivity index is 0.00000676.